The fraction of sp³-hybridized carbons (Fsp3) is 0.273. The molecular formula is C11H14ClN3O2. The number of nitrogens with zero attached hydrogens (tertiary/aromatic N) is 2. The van der Waals surface area contributed by atoms with E-state index in [1.54, 1.807) is 29.1 Å². The van der Waals surface area contributed by atoms with Gasteiger partial charge in [-0.15, -0.1) is 12.4 Å². The summed E-state index contributed by atoms with van der Waals surface area (Å²) in [5.74, 6) is -0.0348. The summed E-state index contributed by atoms with van der Waals surface area (Å²) in [6.07, 6.45) is 5.01. The van der Waals surface area contributed by atoms with Gasteiger partial charge in [-0.05, 0) is 13.8 Å². The molecule has 0 aliphatic rings. The Kier molecular flexibility index (Phi) is 3.96. The summed E-state index contributed by atoms with van der Waals surface area (Å²) in [5, 5.41) is 0. The molecule has 0 aromatic carbocycles. The van der Waals surface area contributed by atoms with Crippen molar-refractivity contribution in [3.8, 4) is 5.75 Å². The number of imidazole rings is 1. The second-order valence-electron chi connectivity index (χ2n) is 3.77. The predicted molar refractivity (Wildman–Crippen MR) is 66.7 cm³/mol. The van der Waals surface area contributed by atoms with Gasteiger partial charge in [0.1, 0.15) is 11.4 Å². The van der Waals surface area contributed by atoms with E-state index in [0.29, 0.717) is 11.3 Å². The lowest BCUT2D eigenvalue weighted by atomic mass is 10.2. The van der Waals surface area contributed by atoms with Gasteiger partial charge in [-0.2, -0.15) is 0 Å². The van der Waals surface area contributed by atoms with Crippen LogP contribution in [0.2, 0.25) is 0 Å². The highest BCUT2D eigenvalue weighted by Gasteiger charge is 2.13. The third-order valence-electron chi connectivity index (χ3n) is 2.12. The maximum atomic E-state index is 11.3. The van der Waals surface area contributed by atoms with Crippen LogP contribution in [0.3, 0.4) is 0 Å². The van der Waals surface area contributed by atoms with Crippen LogP contribution < -0.4 is 10.5 Å². The molecule has 0 fully saturated rings. The van der Waals surface area contributed by atoms with Crippen LogP contribution in [0.5, 0.6) is 5.75 Å². The van der Waals surface area contributed by atoms with Crippen LogP contribution in [0.15, 0.2) is 24.7 Å². The molecule has 92 valence electrons. The minimum Gasteiger partial charge on any atom is -0.490 e. The molecule has 2 heterocycles. The molecule has 2 aromatic rings. The number of halogens is 1. The lowest BCUT2D eigenvalue weighted by molar-refractivity contribution is 0.0994. The van der Waals surface area contributed by atoms with Gasteiger partial charge in [0.15, 0.2) is 0 Å². The molecular weight excluding hydrogens is 242 g/mol. The largest absolute Gasteiger partial charge is 0.490 e. The normalized spacial score (nSPS) is 10.3. The van der Waals surface area contributed by atoms with Crippen molar-refractivity contribution in [2.24, 2.45) is 5.73 Å². The zero-order valence-electron chi connectivity index (χ0n) is 9.58. The van der Waals surface area contributed by atoms with Crippen LogP contribution in [0.4, 0.5) is 0 Å². The van der Waals surface area contributed by atoms with Gasteiger partial charge < -0.3 is 14.9 Å². The van der Waals surface area contributed by atoms with Crippen molar-refractivity contribution < 1.29 is 9.53 Å². The molecule has 6 heteroatoms. The molecule has 5 nitrogen and oxygen atoms in total. The Labute approximate surface area is 105 Å². The molecule has 2 N–H and O–H groups in total. The molecule has 2 rings (SSSR count). The van der Waals surface area contributed by atoms with Crippen LogP contribution in [-0.4, -0.2) is 21.4 Å². The first-order valence-electron chi connectivity index (χ1n) is 5.01. The highest BCUT2D eigenvalue weighted by atomic mass is 35.5. The molecule has 0 radical (unpaired) electrons. The van der Waals surface area contributed by atoms with Crippen molar-refractivity contribution in [3.63, 3.8) is 0 Å². The van der Waals surface area contributed by atoms with E-state index in [0.717, 1.165) is 5.65 Å². The van der Waals surface area contributed by atoms with E-state index in [9.17, 15) is 4.79 Å². The summed E-state index contributed by atoms with van der Waals surface area (Å²) in [5.41, 5.74) is 6.38. The average Bonchev–Trinajstić information content (AvgIpc) is 2.62. The third kappa shape index (κ3) is 2.68. The summed E-state index contributed by atoms with van der Waals surface area (Å²) in [4.78, 5) is 15.4. The van der Waals surface area contributed by atoms with Crippen LogP contribution in [0.25, 0.3) is 5.65 Å². The molecule has 0 unspecified atom stereocenters. The molecule has 0 spiro atoms. The zero-order chi connectivity index (χ0) is 11.7. The van der Waals surface area contributed by atoms with Gasteiger partial charge in [0, 0.05) is 24.7 Å². The topological polar surface area (TPSA) is 69.6 Å². The Morgan fingerprint density at radius 2 is 2.24 bits per heavy atom. The molecule has 0 saturated heterocycles. The summed E-state index contributed by atoms with van der Waals surface area (Å²) >= 11 is 0. The Morgan fingerprint density at radius 3 is 2.82 bits per heavy atom. The first kappa shape index (κ1) is 13.3. The molecule has 17 heavy (non-hydrogen) atoms. The number of carbonyl (C=O) groups excluding carboxylic acids is 1. The highest BCUT2D eigenvalue weighted by Crippen LogP contribution is 2.21. The first-order chi connectivity index (χ1) is 7.58. The van der Waals surface area contributed by atoms with E-state index < -0.39 is 5.91 Å². The number of primary amides is 1. The van der Waals surface area contributed by atoms with Gasteiger partial charge in [-0.3, -0.25) is 4.79 Å². The van der Waals surface area contributed by atoms with Crippen molar-refractivity contribution in [2.45, 2.75) is 20.0 Å². The molecule has 0 aliphatic heterocycles. The van der Waals surface area contributed by atoms with Crippen LogP contribution in [-0.2, 0) is 0 Å². The Morgan fingerprint density at radius 1 is 1.53 bits per heavy atom. The van der Waals surface area contributed by atoms with E-state index >= 15 is 0 Å². The SMILES string of the molecule is CC(C)Oc1cc2nccn2cc1C(N)=O.Cl. The number of amides is 1. The number of nitrogens with two attached hydrogens (primary N) is 1. The van der Waals surface area contributed by atoms with E-state index in [2.05, 4.69) is 4.98 Å². The van der Waals surface area contributed by atoms with Gasteiger partial charge >= 0.3 is 0 Å². The van der Waals surface area contributed by atoms with Crippen LogP contribution in [0, 0.1) is 0 Å². The zero-order valence-corrected chi connectivity index (χ0v) is 10.4. The maximum absolute atomic E-state index is 11.3. The summed E-state index contributed by atoms with van der Waals surface area (Å²) in [7, 11) is 0. The number of fused-ring (bicyclic) bond motifs is 1. The third-order valence-corrected chi connectivity index (χ3v) is 2.12. The van der Waals surface area contributed by atoms with Crippen molar-refractivity contribution in [1.29, 1.82) is 0 Å². The number of pyridine rings is 1. The van der Waals surface area contributed by atoms with E-state index in [4.69, 9.17) is 10.5 Å². The maximum Gasteiger partial charge on any atom is 0.253 e. The Hall–Kier alpha value is -1.75. The van der Waals surface area contributed by atoms with Crippen molar-refractivity contribution in [2.75, 3.05) is 0 Å². The smallest absolute Gasteiger partial charge is 0.253 e. The van der Waals surface area contributed by atoms with Gasteiger partial charge in [0.25, 0.3) is 5.91 Å². The lowest BCUT2D eigenvalue weighted by Gasteiger charge is -2.12. The summed E-state index contributed by atoms with van der Waals surface area (Å²) in [6, 6.07) is 1.71. The molecule has 0 aliphatic carbocycles. The Bertz CT molecular complexity index is 536. The monoisotopic (exact) mass is 255 g/mol. The fourth-order valence-corrected chi connectivity index (χ4v) is 1.48. The average molecular weight is 256 g/mol. The second-order valence-corrected chi connectivity index (χ2v) is 3.77. The number of rotatable bonds is 3. The summed E-state index contributed by atoms with van der Waals surface area (Å²) in [6.45, 7) is 3.78. The number of aromatic nitrogens is 2. The first-order valence-corrected chi connectivity index (χ1v) is 5.01. The number of hydrogen-bond donors (Lipinski definition) is 1. The Balaban J connectivity index is 0.00000144. The van der Waals surface area contributed by atoms with Gasteiger partial charge in [-0.1, -0.05) is 0 Å². The number of ether oxygens (including phenoxy) is 1. The fourth-order valence-electron chi connectivity index (χ4n) is 1.48. The minimum atomic E-state index is -0.508. The minimum absolute atomic E-state index is 0. The van der Waals surface area contributed by atoms with Crippen molar-refractivity contribution >= 4 is 24.0 Å². The van der Waals surface area contributed by atoms with Gasteiger partial charge in [0.05, 0.1) is 11.7 Å². The predicted octanol–water partition coefficient (Wildman–Crippen LogP) is 1.64. The standard InChI is InChI=1S/C11H13N3O2.ClH/c1-7(2)16-9-5-10-13-3-4-14(10)6-8(9)11(12)15;/h3-7H,1-2H3,(H2,12,15);1H. The van der Waals surface area contributed by atoms with E-state index in [-0.39, 0.29) is 18.5 Å². The molecule has 0 atom stereocenters. The van der Waals surface area contributed by atoms with E-state index in [1.807, 2.05) is 13.8 Å². The summed E-state index contributed by atoms with van der Waals surface area (Å²) < 4.78 is 7.26. The van der Waals surface area contributed by atoms with Crippen molar-refractivity contribution in [3.05, 3.63) is 30.2 Å². The number of hydrogen-bond acceptors (Lipinski definition) is 3. The quantitative estimate of drug-likeness (QED) is 0.907. The molecule has 1 amide bonds. The molecule has 2 aromatic heterocycles. The van der Waals surface area contributed by atoms with Crippen LogP contribution in [0.1, 0.15) is 24.2 Å². The van der Waals surface area contributed by atoms with Gasteiger partial charge in [0.2, 0.25) is 0 Å². The van der Waals surface area contributed by atoms with Crippen molar-refractivity contribution in [1.82, 2.24) is 9.38 Å². The van der Waals surface area contributed by atoms with Gasteiger partial charge in [-0.25, -0.2) is 4.98 Å². The number of carbonyl (C=O) groups is 1. The molecule has 0 bridgehead atoms. The lowest BCUT2D eigenvalue weighted by Crippen LogP contribution is -2.16. The van der Waals surface area contributed by atoms with E-state index in [1.165, 1.54) is 0 Å². The van der Waals surface area contributed by atoms with Crippen LogP contribution >= 0.6 is 12.4 Å². The highest BCUT2D eigenvalue weighted by molar-refractivity contribution is 5.95. The molecule has 0 saturated carbocycles. The second kappa shape index (κ2) is 5.05.